The second-order valence-corrected chi connectivity index (χ2v) is 9.07. The third-order valence-electron chi connectivity index (χ3n) is 4.25. The summed E-state index contributed by atoms with van der Waals surface area (Å²) in [4.78, 5) is 8.48. The number of pyridine rings is 2. The highest BCUT2D eigenvalue weighted by atomic mass is 36.0. The van der Waals surface area contributed by atoms with E-state index in [2.05, 4.69) is 31.3 Å². The lowest BCUT2D eigenvalue weighted by atomic mass is 10.1. The molecule has 170 valence electrons. The number of aliphatic hydroxyl groups excluding tert-OH is 1. The summed E-state index contributed by atoms with van der Waals surface area (Å²) in [6.07, 6.45) is 3.39. The minimum absolute atomic E-state index is 0.0488. The summed E-state index contributed by atoms with van der Waals surface area (Å²) in [6, 6.07) is 15.5. The Morgan fingerprint density at radius 2 is 1.28 bits per heavy atom. The zero-order valence-corrected chi connectivity index (χ0v) is 20.4. The largest absolute Gasteiger partial charge is 0.495 e. The van der Waals surface area contributed by atoms with Gasteiger partial charge in [0.15, 0.2) is 0 Å². The summed E-state index contributed by atoms with van der Waals surface area (Å²) >= 11 is 5.75. The summed E-state index contributed by atoms with van der Waals surface area (Å²) in [7, 11) is 10.6. The van der Waals surface area contributed by atoms with Crippen molar-refractivity contribution < 1.29 is 18.8 Å². The summed E-state index contributed by atoms with van der Waals surface area (Å²) in [6.45, 7) is 0.0488. The van der Waals surface area contributed by atoms with Crippen molar-refractivity contribution in [3.8, 4) is 11.5 Å². The molecule has 0 atom stereocenters. The first-order chi connectivity index (χ1) is 15.4. The van der Waals surface area contributed by atoms with E-state index in [0.717, 1.165) is 44.4 Å². The van der Waals surface area contributed by atoms with Crippen LogP contribution < -0.4 is 9.47 Å². The van der Waals surface area contributed by atoms with Gasteiger partial charge in [-0.25, -0.2) is 4.21 Å². The standard InChI is InChI=1S/C11H10ClNO.C11H11NO2.Cl2OS/c1-14-10-5-9-4-8(6-12)2-3-11(9)13-7-10;1-14-10-5-9-4-8(7-13)2-3-11(9)12-6-10;1-4(2)3/h2-5,7H,6H2,1H3;2-6,13H,7H2,1H3;. The number of hydrogen-bond acceptors (Lipinski definition) is 6. The maximum Gasteiger partial charge on any atom is 0.211 e. The number of benzene rings is 2. The highest BCUT2D eigenvalue weighted by Crippen LogP contribution is 2.20. The molecular weight excluding hydrogens is 495 g/mol. The van der Waals surface area contributed by atoms with Crippen LogP contribution in [0.2, 0.25) is 0 Å². The average Bonchev–Trinajstić information content (AvgIpc) is 2.82. The van der Waals surface area contributed by atoms with Gasteiger partial charge in [-0.05, 0) is 47.5 Å². The third kappa shape index (κ3) is 8.07. The van der Waals surface area contributed by atoms with Gasteiger partial charge in [-0.1, -0.05) is 12.1 Å². The van der Waals surface area contributed by atoms with Crippen molar-refractivity contribution in [2.24, 2.45) is 0 Å². The Hall–Kier alpha value is -2.16. The molecule has 0 saturated heterocycles. The number of rotatable bonds is 4. The van der Waals surface area contributed by atoms with E-state index in [-0.39, 0.29) is 6.61 Å². The number of aromatic nitrogens is 2. The monoisotopic (exact) mass is 514 g/mol. The lowest BCUT2D eigenvalue weighted by Crippen LogP contribution is -1.87. The fourth-order valence-corrected chi connectivity index (χ4v) is 2.89. The van der Waals surface area contributed by atoms with Gasteiger partial charge in [0.2, 0.25) is 9.23 Å². The topological polar surface area (TPSA) is 81.5 Å². The molecular formula is C22H21Cl3N2O4S. The van der Waals surface area contributed by atoms with Crippen LogP contribution in [0.5, 0.6) is 11.5 Å². The number of fused-ring (bicyclic) bond motifs is 2. The van der Waals surface area contributed by atoms with E-state index in [4.69, 9.17) is 30.4 Å². The van der Waals surface area contributed by atoms with E-state index in [1.54, 1.807) is 26.6 Å². The number of methoxy groups -OCH3 is 2. The first-order valence-electron chi connectivity index (χ1n) is 9.16. The molecule has 0 aliphatic carbocycles. The predicted octanol–water partition coefficient (Wildman–Crippen LogP) is 5.76. The normalized spacial score (nSPS) is 10.2. The first-order valence-corrected chi connectivity index (χ1v) is 12.5. The fraction of sp³-hybridized carbons (Fsp3) is 0.182. The van der Waals surface area contributed by atoms with E-state index >= 15 is 0 Å². The van der Waals surface area contributed by atoms with Gasteiger partial charge in [0.05, 0.1) is 44.3 Å². The summed E-state index contributed by atoms with van der Waals surface area (Å²) in [5, 5.41) is 11.0. The van der Waals surface area contributed by atoms with Crippen molar-refractivity contribution in [1.82, 2.24) is 9.97 Å². The quantitative estimate of drug-likeness (QED) is 0.275. The number of alkyl halides is 1. The molecule has 0 aliphatic rings. The van der Waals surface area contributed by atoms with E-state index in [1.807, 2.05) is 48.5 Å². The van der Waals surface area contributed by atoms with Gasteiger partial charge >= 0.3 is 0 Å². The van der Waals surface area contributed by atoms with Crippen LogP contribution in [0.1, 0.15) is 11.1 Å². The molecule has 4 rings (SSSR count). The van der Waals surface area contributed by atoms with Crippen molar-refractivity contribution >= 4 is 64.0 Å². The SMILES string of the molecule is COc1cnc2ccc(CCl)cc2c1.COc1cnc2ccc(CO)cc2c1.O=S(Cl)Cl. The van der Waals surface area contributed by atoms with Crippen LogP contribution in [0.25, 0.3) is 21.8 Å². The van der Waals surface area contributed by atoms with E-state index in [1.165, 1.54) is 0 Å². The lowest BCUT2D eigenvalue weighted by Gasteiger charge is -2.02. The summed E-state index contributed by atoms with van der Waals surface area (Å²) in [5.74, 6) is 2.02. The van der Waals surface area contributed by atoms with Crippen LogP contribution in [0.4, 0.5) is 0 Å². The smallest absolute Gasteiger partial charge is 0.211 e. The van der Waals surface area contributed by atoms with Crippen LogP contribution >= 0.6 is 33.0 Å². The Bertz CT molecular complexity index is 1030. The Kier molecular flexibility index (Phi) is 10.9. The van der Waals surface area contributed by atoms with Crippen LogP contribution in [0, 0.1) is 0 Å². The molecule has 2 heterocycles. The second kappa shape index (κ2) is 13.4. The molecule has 6 nitrogen and oxygen atoms in total. The number of ether oxygens (including phenoxy) is 2. The van der Waals surface area contributed by atoms with Gasteiger partial charge < -0.3 is 14.6 Å². The molecule has 0 fully saturated rings. The fourth-order valence-electron chi connectivity index (χ4n) is 2.73. The molecule has 0 radical (unpaired) electrons. The minimum Gasteiger partial charge on any atom is -0.495 e. The highest BCUT2D eigenvalue weighted by Gasteiger charge is 2.00. The van der Waals surface area contributed by atoms with Gasteiger partial charge in [-0.15, -0.1) is 11.6 Å². The van der Waals surface area contributed by atoms with Gasteiger partial charge in [0.25, 0.3) is 0 Å². The molecule has 0 saturated carbocycles. The van der Waals surface area contributed by atoms with Crippen molar-refractivity contribution in [2.75, 3.05) is 14.2 Å². The van der Waals surface area contributed by atoms with Crippen molar-refractivity contribution in [3.63, 3.8) is 0 Å². The number of hydrogen-bond donors (Lipinski definition) is 1. The first kappa shape index (κ1) is 26.1. The molecule has 2 aromatic carbocycles. The van der Waals surface area contributed by atoms with Gasteiger partial charge in [-0.2, -0.15) is 0 Å². The maximum absolute atomic E-state index is 9.09. The molecule has 10 heteroatoms. The Balaban J connectivity index is 0.000000195. The Morgan fingerprint density at radius 3 is 1.69 bits per heavy atom. The van der Waals surface area contributed by atoms with Crippen molar-refractivity contribution in [1.29, 1.82) is 0 Å². The van der Waals surface area contributed by atoms with E-state index in [0.29, 0.717) is 5.88 Å². The van der Waals surface area contributed by atoms with E-state index < -0.39 is 9.23 Å². The molecule has 0 spiro atoms. The van der Waals surface area contributed by atoms with Gasteiger partial charge in [-0.3, -0.25) is 9.97 Å². The summed E-state index contributed by atoms with van der Waals surface area (Å²) in [5.41, 5.74) is 3.84. The van der Waals surface area contributed by atoms with Crippen LogP contribution in [-0.4, -0.2) is 33.5 Å². The lowest BCUT2D eigenvalue weighted by molar-refractivity contribution is 0.282. The number of nitrogens with zero attached hydrogens (tertiary/aromatic N) is 2. The zero-order valence-electron chi connectivity index (χ0n) is 17.3. The molecule has 0 aliphatic heterocycles. The Labute approximate surface area is 202 Å². The van der Waals surface area contributed by atoms with Gasteiger partial charge in [0.1, 0.15) is 11.5 Å². The number of aliphatic hydroxyl groups is 1. The van der Waals surface area contributed by atoms with Gasteiger partial charge in [0, 0.05) is 38.0 Å². The molecule has 2 aromatic heterocycles. The zero-order chi connectivity index (χ0) is 23.5. The molecule has 1 N–H and O–H groups in total. The average molecular weight is 516 g/mol. The van der Waals surface area contributed by atoms with Crippen LogP contribution in [0.15, 0.2) is 60.9 Å². The molecule has 4 aromatic rings. The number of halogens is 3. The molecule has 0 amide bonds. The minimum atomic E-state index is -1.67. The predicted molar refractivity (Wildman–Crippen MR) is 132 cm³/mol. The third-order valence-corrected chi connectivity index (χ3v) is 4.56. The highest BCUT2D eigenvalue weighted by molar-refractivity contribution is 8.26. The molecule has 0 unspecified atom stereocenters. The van der Waals surface area contributed by atoms with Crippen molar-refractivity contribution in [3.05, 3.63) is 72.1 Å². The van der Waals surface area contributed by atoms with Crippen LogP contribution in [0.3, 0.4) is 0 Å². The molecule has 0 bridgehead atoms. The Morgan fingerprint density at radius 1 is 0.844 bits per heavy atom. The maximum atomic E-state index is 9.09. The second-order valence-electron chi connectivity index (χ2n) is 6.28. The molecule has 32 heavy (non-hydrogen) atoms. The van der Waals surface area contributed by atoms with Crippen molar-refractivity contribution in [2.45, 2.75) is 12.5 Å². The summed E-state index contributed by atoms with van der Waals surface area (Å²) < 4.78 is 19.3. The van der Waals surface area contributed by atoms with E-state index in [9.17, 15) is 0 Å². The van der Waals surface area contributed by atoms with Crippen LogP contribution in [-0.2, 0) is 21.7 Å².